The zero-order chi connectivity index (χ0) is 14.7. The van der Waals surface area contributed by atoms with Crippen LogP contribution >= 0.6 is 0 Å². The molecule has 0 radical (unpaired) electrons. The molecule has 0 bridgehead atoms. The lowest BCUT2D eigenvalue weighted by molar-refractivity contribution is 0.174. The molecule has 0 amide bonds. The maximum atomic E-state index is 5.47. The number of rotatable bonds is 5. The SMILES string of the molecule is CCCC1CCC(NC(C)c2ccc3c(c2)OCO3)CC1. The number of hydrogen-bond acceptors (Lipinski definition) is 3. The Bertz CT molecular complexity index is 466. The minimum Gasteiger partial charge on any atom is -0.454 e. The van der Waals surface area contributed by atoms with Crippen LogP contribution in [0.4, 0.5) is 0 Å². The topological polar surface area (TPSA) is 30.5 Å². The molecule has 1 atom stereocenters. The van der Waals surface area contributed by atoms with E-state index >= 15 is 0 Å². The molecule has 1 fully saturated rings. The van der Waals surface area contributed by atoms with E-state index in [2.05, 4.69) is 31.3 Å². The van der Waals surface area contributed by atoms with E-state index in [0.29, 0.717) is 18.9 Å². The highest BCUT2D eigenvalue weighted by Gasteiger charge is 2.22. The number of benzene rings is 1. The molecule has 21 heavy (non-hydrogen) atoms. The normalized spacial score (nSPS) is 25.8. The predicted molar refractivity (Wildman–Crippen MR) is 84.8 cm³/mol. The van der Waals surface area contributed by atoms with Crippen molar-refractivity contribution >= 4 is 0 Å². The summed E-state index contributed by atoms with van der Waals surface area (Å²) in [5, 5.41) is 3.79. The molecule has 1 aromatic carbocycles. The maximum Gasteiger partial charge on any atom is 0.231 e. The highest BCUT2D eigenvalue weighted by atomic mass is 16.7. The molecule has 1 aliphatic carbocycles. The van der Waals surface area contributed by atoms with Gasteiger partial charge >= 0.3 is 0 Å². The third-order valence-electron chi connectivity index (χ3n) is 4.93. The van der Waals surface area contributed by atoms with Gasteiger partial charge in [-0.1, -0.05) is 25.8 Å². The van der Waals surface area contributed by atoms with Gasteiger partial charge < -0.3 is 14.8 Å². The molecule has 0 spiro atoms. The molecule has 0 saturated heterocycles. The summed E-state index contributed by atoms with van der Waals surface area (Å²) >= 11 is 0. The van der Waals surface area contributed by atoms with Crippen LogP contribution < -0.4 is 14.8 Å². The largest absolute Gasteiger partial charge is 0.454 e. The molecule has 2 aliphatic rings. The minimum atomic E-state index is 0.349. The van der Waals surface area contributed by atoms with E-state index in [1.807, 2.05) is 6.07 Å². The van der Waals surface area contributed by atoms with Crippen LogP contribution in [0.3, 0.4) is 0 Å². The van der Waals surface area contributed by atoms with Crippen molar-refractivity contribution in [2.45, 2.75) is 64.5 Å². The van der Waals surface area contributed by atoms with Gasteiger partial charge in [-0.05, 0) is 56.2 Å². The first kappa shape index (κ1) is 14.7. The Morgan fingerprint density at radius 1 is 1.14 bits per heavy atom. The number of fused-ring (bicyclic) bond motifs is 1. The van der Waals surface area contributed by atoms with Crippen molar-refractivity contribution in [3.63, 3.8) is 0 Å². The van der Waals surface area contributed by atoms with Gasteiger partial charge in [-0.3, -0.25) is 0 Å². The molecule has 1 saturated carbocycles. The second kappa shape index (κ2) is 6.69. The van der Waals surface area contributed by atoms with Gasteiger partial charge in [-0.25, -0.2) is 0 Å². The summed E-state index contributed by atoms with van der Waals surface area (Å²) in [5.41, 5.74) is 1.29. The molecule has 1 unspecified atom stereocenters. The van der Waals surface area contributed by atoms with E-state index in [-0.39, 0.29) is 0 Å². The quantitative estimate of drug-likeness (QED) is 0.870. The zero-order valence-electron chi connectivity index (χ0n) is 13.2. The monoisotopic (exact) mass is 289 g/mol. The molecule has 3 heteroatoms. The summed E-state index contributed by atoms with van der Waals surface area (Å²) < 4.78 is 10.8. The molecule has 0 aromatic heterocycles. The first-order valence-electron chi connectivity index (χ1n) is 8.42. The molecule has 1 N–H and O–H groups in total. The smallest absolute Gasteiger partial charge is 0.231 e. The summed E-state index contributed by atoms with van der Waals surface area (Å²) in [6.07, 6.45) is 8.15. The van der Waals surface area contributed by atoms with Crippen molar-refractivity contribution in [3.8, 4) is 11.5 Å². The number of ether oxygens (including phenoxy) is 2. The van der Waals surface area contributed by atoms with E-state index in [9.17, 15) is 0 Å². The fraction of sp³-hybridized carbons (Fsp3) is 0.667. The fourth-order valence-corrected chi connectivity index (χ4v) is 3.66. The molecule has 3 rings (SSSR count). The second-order valence-electron chi connectivity index (χ2n) is 6.51. The van der Waals surface area contributed by atoms with Gasteiger partial charge in [0.25, 0.3) is 0 Å². The van der Waals surface area contributed by atoms with Crippen LogP contribution in [0.1, 0.15) is 64.0 Å². The highest BCUT2D eigenvalue weighted by Crippen LogP contribution is 2.35. The summed E-state index contributed by atoms with van der Waals surface area (Å²) in [7, 11) is 0. The van der Waals surface area contributed by atoms with Gasteiger partial charge in [-0.15, -0.1) is 0 Å². The lowest BCUT2D eigenvalue weighted by Crippen LogP contribution is -2.35. The summed E-state index contributed by atoms with van der Waals surface area (Å²) in [5.74, 6) is 2.72. The Hall–Kier alpha value is -1.22. The molecule has 1 heterocycles. The van der Waals surface area contributed by atoms with Gasteiger partial charge in [0, 0.05) is 12.1 Å². The molecule has 116 valence electrons. The van der Waals surface area contributed by atoms with Crippen molar-refractivity contribution in [3.05, 3.63) is 23.8 Å². The van der Waals surface area contributed by atoms with E-state index in [1.54, 1.807) is 0 Å². The molecule has 3 nitrogen and oxygen atoms in total. The van der Waals surface area contributed by atoms with Crippen LogP contribution in [0.15, 0.2) is 18.2 Å². The minimum absolute atomic E-state index is 0.349. The van der Waals surface area contributed by atoms with Crippen LogP contribution in [0.2, 0.25) is 0 Å². The van der Waals surface area contributed by atoms with Gasteiger partial charge in [0.1, 0.15) is 0 Å². The van der Waals surface area contributed by atoms with Crippen molar-refractivity contribution in [2.24, 2.45) is 5.92 Å². The molecular weight excluding hydrogens is 262 g/mol. The van der Waals surface area contributed by atoms with Gasteiger partial charge in [-0.2, -0.15) is 0 Å². The van der Waals surface area contributed by atoms with Crippen LogP contribution in [0.5, 0.6) is 11.5 Å². The number of hydrogen-bond donors (Lipinski definition) is 1. The molecule has 1 aliphatic heterocycles. The third-order valence-corrected chi connectivity index (χ3v) is 4.93. The lowest BCUT2D eigenvalue weighted by Gasteiger charge is -2.31. The van der Waals surface area contributed by atoms with Crippen LogP contribution in [-0.2, 0) is 0 Å². The Morgan fingerprint density at radius 2 is 1.90 bits per heavy atom. The van der Waals surface area contributed by atoms with Crippen LogP contribution in [0.25, 0.3) is 0 Å². The number of nitrogens with one attached hydrogen (secondary N) is 1. The summed E-state index contributed by atoms with van der Waals surface area (Å²) in [6.45, 7) is 4.89. The van der Waals surface area contributed by atoms with E-state index < -0.39 is 0 Å². The van der Waals surface area contributed by atoms with E-state index in [0.717, 1.165) is 17.4 Å². The van der Waals surface area contributed by atoms with Crippen LogP contribution in [0, 0.1) is 5.92 Å². The maximum absolute atomic E-state index is 5.47. The summed E-state index contributed by atoms with van der Waals surface area (Å²) in [4.78, 5) is 0. The second-order valence-corrected chi connectivity index (χ2v) is 6.51. The van der Waals surface area contributed by atoms with Crippen LogP contribution in [-0.4, -0.2) is 12.8 Å². The van der Waals surface area contributed by atoms with Gasteiger partial charge in [0.2, 0.25) is 6.79 Å². The van der Waals surface area contributed by atoms with E-state index in [4.69, 9.17) is 9.47 Å². The Morgan fingerprint density at radius 3 is 2.67 bits per heavy atom. The van der Waals surface area contributed by atoms with Crippen molar-refractivity contribution < 1.29 is 9.47 Å². The third kappa shape index (κ3) is 3.52. The Labute approximate surface area is 128 Å². The van der Waals surface area contributed by atoms with Crippen molar-refractivity contribution in [1.82, 2.24) is 5.32 Å². The van der Waals surface area contributed by atoms with E-state index in [1.165, 1.54) is 44.1 Å². The molecular formula is C18H27NO2. The average molecular weight is 289 g/mol. The van der Waals surface area contributed by atoms with Gasteiger partial charge in [0.15, 0.2) is 11.5 Å². The predicted octanol–water partition coefficient (Wildman–Crippen LogP) is 4.42. The average Bonchev–Trinajstić information content (AvgIpc) is 2.97. The molecule has 1 aromatic rings. The highest BCUT2D eigenvalue weighted by molar-refractivity contribution is 5.45. The summed E-state index contributed by atoms with van der Waals surface area (Å²) in [6, 6.07) is 7.32. The first-order chi connectivity index (χ1) is 10.3. The zero-order valence-corrected chi connectivity index (χ0v) is 13.2. The standard InChI is InChI=1S/C18H27NO2/c1-3-4-14-5-8-16(9-6-14)19-13(2)15-7-10-17-18(11-15)21-12-20-17/h7,10-11,13-14,16,19H,3-6,8-9,12H2,1-2H3. The Balaban J connectivity index is 1.53. The van der Waals surface area contributed by atoms with Crippen molar-refractivity contribution in [2.75, 3.05) is 6.79 Å². The lowest BCUT2D eigenvalue weighted by atomic mass is 9.83. The van der Waals surface area contributed by atoms with Gasteiger partial charge in [0.05, 0.1) is 0 Å². The van der Waals surface area contributed by atoms with Crippen molar-refractivity contribution in [1.29, 1.82) is 0 Å². The Kier molecular flexibility index (Phi) is 4.69. The fourth-order valence-electron chi connectivity index (χ4n) is 3.66. The first-order valence-corrected chi connectivity index (χ1v) is 8.42.